The minimum Gasteiger partial charge on any atom is -0.506 e. The summed E-state index contributed by atoms with van der Waals surface area (Å²) in [6.45, 7) is 0. The second-order valence-corrected chi connectivity index (χ2v) is 7.67. The van der Waals surface area contributed by atoms with Gasteiger partial charge < -0.3 is 10.1 Å². The summed E-state index contributed by atoms with van der Waals surface area (Å²) in [6.07, 6.45) is 0. The minimum absolute atomic E-state index is 0.132. The zero-order chi connectivity index (χ0) is 16.6. The zero-order valence-corrected chi connectivity index (χ0v) is 14.5. The van der Waals surface area contributed by atoms with Gasteiger partial charge >= 0.3 is 0 Å². The minimum atomic E-state index is -0.449. The number of H-pyrrole nitrogens is 1. The number of nitriles is 1. The molecule has 0 atom stereocenters. The monoisotopic (exact) mass is 382 g/mol. The maximum absolute atomic E-state index is 11.5. The fraction of sp³-hybridized carbons (Fsp3) is 0.0667. The van der Waals surface area contributed by atoms with E-state index in [0.29, 0.717) is 35.8 Å². The fourth-order valence-electron chi connectivity index (χ4n) is 2.07. The Morgan fingerprint density at radius 1 is 1.35 bits per heavy atom. The van der Waals surface area contributed by atoms with Crippen LogP contribution in [0.3, 0.4) is 0 Å². The number of pyridine rings is 1. The van der Waals surface area contributed by atoms with Crippen molar-refractivity contribution in [2.24, 2.45) is 0 Å². The number of nitrogens with one attached hydrogen (secondary N) is 1. The van der Waals surface area contributed by atoms with Crippen molar-refractivity contribution in [3.8, 4) is 11.8 Å². The largest absolute Gasteiger partial charge is 0.506 e. The summed E-state index contributed by atoms with van der Waals surface area (Å²) < 4.78 is 1.17. The number of thioether (sulfide) groups is 1. The highest BCUT2D eigenvalue weighted by atomic mass is 35.5. The Morgan fingerprint density at radius 3 is 2.70 bits per heavy atom. The molecule has 0 amide bonds. The molecule has 0 bridgehead atoms. The summed E-state index contributed by atoms with van der Waals surface area (Å²) in [5, 5.41) is 20.4. The molecule has 3 rings (SSSR count). The van der Waals surface area contributed by atoms with Crippen LogP contribution in [0.15, 0.2) is 33.3 Å². The Hall–Kier alpha value is -1.65. The number of aromatic hydroxyl groups is 1. The first kappa shape index (κ1) is 16.2. The number of aromatic amines is 1. The van der Waals surface area contributed by atoms with Gasteiger partial charge in [0, 0.05) is 21.9 Å². The zero-order valence-electron chi connectivity index (χ0n) is 11.4. The molecule has 2 N–H and O–H groups in total. The number of halogens is 2. The van der Waals surface area contributed by atoms with Gasteiger partial charge in [-0.3, -0.25) is 4.79 Å². The number of aromatic nitrogens is 1. The van der Waals surface area contributed by atoms with Crippen molar-refractivity contribution in [3.63, 3.8) is 0 Å². The number of rotatable bonds is 3. The smallest absolute Gasteiger partial charge is 0.252 e. The van der Waals surface area contributed by atoms with Crippen LogP contribution in [0, 0.1) is 11.3 Å². The maximum Gasteiger partial charge on any atom is 0.252 e. The van der Waals surface area contributed by atoms with E-state index in [4.69, 9.17) is 23.2 Å². The molecule has 0 unspecified atom stereocenters. The van der Waals surface area contributed by atoms with Gasteiger partial charge in [0.1, 0.15) is 17.4 Å². The van der Waals surface area contributed by atoms with Gasteiger partial charge in [-0.1, -0.05) is 29.3 Å². The third kappa shape index (κ3) is 3.06. The summed E-state index contributed by atoms with van der Waals surface area (Å²) in [6, 6.07) is 8.45. The van der Waals surface area contributed by atoms with Gasteiger partial charge in [0.25, 0.3) is 5.56 Å². The first-order chi connectivity index (χ1) is 11.0. The molecule has 0 spiro atoms. The Kier molecular flexibility index (Phi) is 4.55. The Morgan fingerprint density at radius 2 is 2.04 bits per heavy atom. The number of fused-ring (bicyclic) bond motifs is 1. The molecule has 0 aliphatic rings. The molecule has 0 saturated heterocycles. The molecule has 0 radical (unpaired) electrons. The molecular weight excluding hydrogens is 375 g/mol. The van der Waals surface area contributed by atoms with Crippen molar-refractivity contribution in [2.45, 2.75) is 9.96 Å². The van der Waals surface area contributed by atoms with E-state index in [9.17, 15) is 15.2 Å². The van der Waals surface area contributed by atoms with E-state index in [1.807, 2.05) is 0 Å². The summed E-state index contributed by atoms with van der Waals surface area (Å²) in [5.74, 6) is 0.346. The number of hydrogen-bond donors (Lipinski definition) is 2. The first-order valence-corrected chi connectivity index (χ1v) is 8.91. The second-order valence-electron chi connectivity index (χ2n) is 4.59. The van der Waals surface area contributed by atoms with Crippen LogP contribution in [0.2, 0.25) is 10.0 Å². The molecule has 23 heavy (non-hydrogen) atoms. The van der Waals surface area contributed by atoms with Crippen molar-refractivity contribution >= 4 is 56.5 Å². The lowest BCUT2D eigenvalue weighted by molar-refractivity contribution is 0.481. The first-order valence-electron chi connectivity index (χ1n) is 6.36. The van der Waals surface area contributed by atoms with Gasteiger partial charge in [0.2, 0.25) is 0 Å². The number of thiophene rings is 1. The number of nitrogens with zero attached hydrogens (tertiary/aromatic N) is 1. The van der Waals surface area contributed by atoms with Crippen LogP contribution in [0.4, 0.5) is 0 Å². The number of hydrogen-bond acceptors (Lipinski definition) is 5. The third-order valence-corrected chi connectivity index (χ3v) is 6.36. The Bertz CT molecular complexity index is 985. The summed E-state index contributed by atoms with van der Waals surface area (Å²) >= 11 is 14.9. The van der Waals surface area contributed by atoms with Crippen LogP contribution in [0.1, 0.15) is 11.1 Å². The summed E-state index contributed by atoms with van der Waals surface area (Å²) in [7, 11) is 0. The van der Waals surface area contributed by atoms with Crippen LogP contribution in [-0.2, 0) is 5.75 Å². The van der Waals surface area contributed by atoms with Gasteiger partial charge in [-0.2, -0.15) is 5.26 Å². The van der Waals surface area contributed by atoms with Gasteiger partial charge in [0.15, 0.2) is 0 Å². The molecule has 1 aromatic carbocycles. The van der Waals surface area contributed by atoms with E-state index >= 15 is 0 Å². The second kappa shape index (κ2) is 6.46. The molecule has 8 heteroatoms. The number of benzene rings is 1. The lowest BCUT2D eigenvalue weighted by Crippen LogP contribution is -2.02. The highest BCUT2D eigenvalue weighted by molar-refractivity contribution is 8.00. The lowest BCUT2D eigenvalue weighted by atomic mass is 10.2. The highest BCUT2D eigenvalue weighted by Gasteiger charge is 2.17. The average molecular weight is 383 g/mol. The maximum atomic E-state index is 11.5. The summed E-state index contributed by atoms with van der Waals surface area (Å²) in [5.41, 5.74) is 1.02. The van der Waals surface area contributed by atoms with Gasteiger partial charge in [-0.05, 0) is 17.7 Å². The van der Waals surface area contributed by atoms with Gasteiger partial charge in [0.05, 0.1) is 14.4 Å². The van der Waals surface area contributed by atoms with E-state index in [1.54, 1.807) is 18.2 Å². The molecular formula is C15H8Cl2N2O2S2. The molecule has 0 aliphatic heterocycles. The van der Waals surface area contributed by atoms with E-state index in [-0.39, 0.29) is 5.75 Å². The topological polar surface area (TPSA) is 76.9 Å². The van der Waals surface area contributed by atoms with E-state index in [0.717, 1.165) is 11.6 Å². The van der Waals surface area contributed by atoms with Crippen molar-refractivity contribution in [1.82, 2.24) is 4.98 Å². The molecule has 0 saturated carbocycles. The quantitative estimate of drug-likeness (QED) is 0.639. The SMILES string of the molecule is N#Cc1c(SCc2c(Cl)cccc2Cl)sc2c(O)cc(=O)[nH]c12. The van der Waals surface area contributed by atoms with Crippen LogP contribution in [-0.4, -0.2) is 10.1 Å². The van der Waals surface area contributed by atoms with E-state index in [2.05, 4.69) is 11.1 Å². The average Bonchev–Trinajstić information content (AvgIpc) is 2.84. The third-order valence-electron chi connectivity index (χ3n) is 3.15. The van der Waals surface area contributed by atoms with Gasteiger partial charge in [-0.25, -0.2) is 0 Å². The molecule has 2 aromatic heterocycles. The van der Waals surface area contributed by atoms with E-state index < -0.39 is 5.56 Å². The van der Waals surface area contributed by atoms with Crippen molar-refractivity contribution < 1.29 is 5.11 Å². The fourth-order valence-corrected chi connectivity index (χ4v) is 5.15. The summed E-state index contributed by atoms with van der Waals surface area (Å²) in [4.78, 5) is 14.1. The van der Waals surface area contributed by atoms with E-state index in [1.165, 1.54) is 23.1 Å². The molecule has 4 nitrogen and oxygen atoms in total. The van der Waals surface area contributed by atoms with Crippen LogP contribution in [0.25, 0.3) is 10.2 Å². The lowest BCUT2D eigenvalue weighted by Gasteiger charge is -2.05. The molecule has 3 aromatic rings. The van der Waals surface area contributed by atoms with Crippen molar-refractivity contribution in [1.29, 1.82) is 5.26 Å². The Labute approximate surface area is 149 Å². The van der Waals surface area contributed by atoms with Crippen molar-refractivity contribution in [3.05, 3.63) is 55.8 Å². The van der Waals surface area contributed by atoms with Crippen molar-refractivity contribution in [2.75, 3.05) is 0 Å². The standard InChI is InChI=1S/C15H8Cl2N2O2S2/c16-9-2-1-3-10(17)8(9)6-22-15-7(5-18)13-14(23-15)11(20)4-12(21)19-13/h1-4H,6H2,(H2,19,20,21). The molecule has 2 heterocycles. The highest BCUT2D eigenvalue weighted by Crippen LogP contribution is 2.42. The molecule has 0 fully saturated rings. The van der Waals surface area contributed by atoms with Gasteiger partial charge in [-0.15, -0.1) is 23.1 Å². The van der Waals surface area contributed by atoms with Crippen LogP contribution in [0.5, 0.6) is 5.75 Å². The molecule has 0 aliphatic carbocycles. The predicted molar refractivity (Wildman–Crippen MR) is 94.8 cm³/mol. The van der Waals surface area contributed by atoms with Crippen LogP contribution >= 0.6 is 46.3 Å². The Balaban J connectivity index is 2.03. The predicted octanol–water partition coefficient (Wildman–Crippen LogP) is 4.77. The molecule has 116 valence electrons. The normalized spacial score (nSPS) is 10.8. The van der Waals surface area contributed by atoms with Crippen LogP contribution < -0.4 is 5.56 Å².